The molecule has 0 radical (unpaired) electrons. The summed E-state index contributed by atoms with van der Waals surface area (Å²) in [5.74, 6) is 0.999. The van der Waals surface area contributed by atoms with Gasteiger partial charge in [0.2, 0.25) is 0 Å². The van der Waals surface area contributed by atoms with Gasteiger partial charge < -0.3 is 9.80 Å². The molecule has 1 amide bonds. The molecular formula is C20H22N4O. The van der Waals surface area contributed by atoms with Crippen molar-refractivity contribution in [1.82, 2.24) is 9.88 Å². The molecule has 2 aromatic rings. The normalized spacial score (nSPS) is 14.3. The van der Waals surface area contributed by atoms with Crippen LogP contribution in [-0.2, 0) is 0 Å². The van der Waals surface area contributed by atoms with E-state index in [9.17, 15) is 4.79 Å². The molecule has 0 spiro atoms. The zero-order chi connectivity index (χ0) is 18.0. The van der Waals surface area contributed by atoms with Crippen LogP contribution < -0.4 is 4.90 Å². The predicted octanol–water partition coefficient (Wildman–Crippen LogP) is 2.84. The summed E-state index contributed by atoms with van der Waals surface area (Å²) in [5.41, 5.74) is 4.54. The highest BCUT2D eigenvalue weighted by Crippen LogP contribution is 2.21. The van der Waals surface area contributed by atoms with Gasteiger partial charge in [-0.15, -0.1) is 0 Å². The number of rotatable bonds is 2. The largest absolute Gasteiger partial charge is 0.353 e. The summed E-state index contributed by atoms with van der Waals surface area (Å²) in [4.78, 5) is 21.3. The minimum Gasteiger partial charge on any atom is -0.353 e. The lowest BCUT2D eigenvalue weighted by Gasteiger charge is -2.36. The van der Waals surface area contributed by atoms with Gasteiger partial charge in [0.15, 0.2) is 0 Å². The van der Waals surface area contributed by atoms with E-state index in [1.165, 1.54) is 5.56 Å². The van der Waals surface area contributed by atoms with Crippen LogP contribution in [0.2, 0.25) is 0 Å². The maximum absolute atomic E-state index is 12.8. The highest BCUT2D eigenvalue weighted by molar-refractivity contribution is 5.95. The SMILES string of the molecule is Cc1ccc(C(=O)N2CCN(c3ncc(C#N)cc3C)CC2)c(C)c1. The fourth-order valence-electron chi connectivity index (χ4n) is 3.31. The molecule has 0 aliphatic carbocycles. The number of benzene rings is 1. The molecule has 1 saturated heterocycles. The number of pyridine rings is 1. The van der Waals surface area contributed by atoms with Crippen LogP contribution in [0.5, 0.6) is 0 Å². The van der Waals surface area contributed by atoms with Crippen LogP contribution in [0, 0.1) is 32.1 Å². The van der Waals surface area contributed by atoms with E-state index in [0.29, 0.717) is 18.7 Å². The molecular weight excluding hydrogens is 312 g/mol. The van der Waals surface area contributed by atoms with Crippen molar-refractivity contribution in [2.75, 3.05) is 31.1 Å². The predicted molar refractivity (Wildman–Crippen MR) is 97.7 cm³/mol. The van der Waals surface area contributed by atoms with Crippen LogP contribution in [-0.4, -0.2) is 42.0 Å². The van der Waals surface area contributed by atoms with Crippen LogP contribution in [0.4, 0.5) is 5.82 Å². The smallest absolute Gasteiger partial charge is 0.254 e. The number of aromatic nitrogens is 1. The van der Waals surface area contributed by atoms with Gasteiger partial charge in [0, 0.05) is 37.9 Å². The number of anilines is 1. The zero-order valence-corrected chi connectivity index (χ0v) is 14.9. The maximum Gasteiger partial charge on any atom is 0.254 e. The molecule has 0 saturated carbocycles. The summed E-state index contributed by atoms with van der Waals surface area (Å²) in [6.07, 6.45) is 1.61. The first-order chi connectivity index (χ1) is 12.0. The Morgan fingerprint density at radius 2 is 1.80 bits per heavy atom. The van der Waals surface area contributed by atoms with Gasteiger partial charge in [-0.2, -0.15) is 5.26 Å². The lowest BCUT2D eigenvalue weighted by Crippen LogP contribution is -2.49. The molecule has 0 N–H and O–H groups in total. The van der Waals surface area contributed by atoms with Crippen molar-refractivity contribution in [1.29, 1.82) is 5.26 Å². The number of aryl methyl sites for hydroxylation is 3. The standard InChI is InChI=1S/C20H22N4O/c1-14-4-5-18(15(2)10-14)20(25)24-8-6-23(7-9-24)19-16(3)11-17(12-21)13-22-19/h4-5,10-11,13H,6-9H2,1-3H3. The molecule has 5 nitrogen and oxygen atoms in total. The number of carbonyl (C=O) groups is 1. The summed E-state index contributed by atoms with van der Waals surface area (Å²) < 4.78 is 0. The Labute approximate surface area is 148 Å². The molecule has 1 fully saturated rings. The molecule has 128 valence electrons. The molecule has 25 heavy (non-hydrogen) atoms. The maximum atomic E-state index is 12.8. The third kappa shape index (κ3) is 3.48. The van der Waals surface area contributed by atoms with E-state index in [2.05, 4.69) is 16.0 Å². The molecule has 1 aromatic carbocycles. The highest BCUT2D eigenvalue weighted by atomic mass is 16.2. The van der Waals surface area contributed by atoms with Crippen LogP contribution in [0.15, 0.2) is 30.5 Å². The Morgan fingerprint density at radius 3 is 2.40 bits per heavy atom. The third-order valence-corrected chi connectivity index (χ3v) is 4.66. The van der Waals surface area contributed by atoms with Crippen molar-refractivity contribution in [2.24, 2.45) is 0 Å². The number of hydrogen-bond donors (Lipinski definition) is 0. The van der Waals surface area contributed by atoms with E-state index in [-0.39, 0.29) is 5.91 Å². The van der Waals surface area contributed by atoms with Crippen LogP contribution in [0.1, 0.15) is 32.6 Å². The van der Waals surface area contributed by atoms with Crippen molar-refractivity contribution >= 4 is 11.7 Å². The summed E-state index contributed by atoms with van der Waals surface area (Å²) in [6.45, 7) is 8.83. The first kappa shape index (κ1) is 17.0. The Kier molecular flexibility index (Phi) is 4.71. The lowest BCUT2D eigenvalue weighted by molar-refractivity contribution is 0.0746. The lowest BCUT2D eigenvalue weighted by atomic mass is 10.0. The van der Waals surface area contributed by atoms with Gasteiger partial charge in [0.25, 0.3) is 5.91 Å². The van der Waals surface area contributed by atoms with Crippen molar-refractivity contribution in [3.05, 3.63) is 58.3 Å². The van der Waals surface area contributed by atoms with Gasteiger partial charge in [-0.25, -0.2) is 4.98 Å². The van der Waals surface area contributed by atoms with Crippen molar-refractivity contribution in [3.63, 3.8) is 0 Å². The van der Waals surface area contributed by atoms with Gasteiger partial charge in [-0.1, -0.05) is 17.7 Å². The Hall–Kier alpha value is -2.87. The first-order valence-electron chi connectivity index (χ1n) is 8.48. The summed E-state index contributed by atoms with van der Waals surface area (Å²) in [5, 5.41) is 8.96. The molecule has 0 atom stereocenters. The monoisotopic (exact) mass is 334 g/mol. The van der Waals surface area contributed by atoms with E-state index in [1.807, 2.05) is 49.9 Å². The van der Waals surface area contributed by atoms with E-state index < -0.39 is 0 Å². The van der Waals surface area contributed by atoms with E-state index >= 15 is 0 Å². The van der Waals surface area contributed by atoms with Crippen molar-refractivity contribution < 1.29 is 4.79 Å². The molecule has 1 aromatic heterocycles. The van der Waals surface area contributed by atoms with E-state index in [0.717, 1.165) is 35.6 Å². The summed E-state index contributed by atoms with van der Waals surface area (Å²) in [7, 11) is 0. The number of piperazine rings is 1. The van der Waals surface area contributed by atoms with Gasteiger partial charge in [0.1, 0.15) is 11.9 Å². The van der Waals surface area contributed by atoms with Crippen LogP contribution >= 0.6 is 0 Å². The van der Waals surface area contributed by atoms with E-state index in [4.69, 9.17) is 5.26 Å². The molecule has 1 aliphatic rings. The highest BCUT2D eigenvalue weighted by Gasteiger charge is 2.24. The van der Waals surface area contributed by atoms with Crippen molar-refractivity contribution in [2.45, 2.75) is 20.8 Å². The number of hydrogen-bond acceptors (Lipinski definition) is 4. The van der Waals surface area contributed by atoms with E-state index in [1.54, 1.807) is 6.20 Å². The fourth-order valence-corrected chi connectivity index (χ4v) is 3.31. The van der Waals surface area contributed by atoms with Crippen molar-refractivity contribution in [3.8, 4) is 6.07 Å². The number of carbonyl (C=O) groups excluding carboxylic acids is 1. The Morgan fingerprint density at radius 1 is 1.08 bits per heavy atom. The zero-order valence-electron chi connectivity index (χ0n) is 14.9. The minimum absolute atomic E-state index is 0.0988. The van der Waals surface area contributed by atoms with Gasteiger partial charge in [0.05, 0.1) is 5.56 Å². The summed E-state index contributed by atoms with van der Waals surface area (Å²) in [6, 6.07) is 9.93. The van der Waals surface area contributed by atoms with Crippen LogP contribution in [0.3, 0.4) is 0 Å². The average Bonchev–Trinajstić information content (AvgIpc) is 2.61. The van der Waals surface area contributed by atoms with Gasteiger partial charge >= 0.3 is 0 Å². The molecule has 2 heterocycles. The number of amides is 1. The fraction of sp³-hybridized carbons (Fsp3) is 0.350. The second-order valence-corrected chi connectivity index (χ2v) is 6.57. The van der Waals surface area contributed by atoms with Crippen LogP contribution in [0.25, 0.3) is 0 Å². The molecule has 0 bridgehead atoms. The Balaban J connectivity index is 1.69. The van der Waals surface area contributed by atoms with Gasteiger partial charge in [-0.3, -0.25) is 4.79 Å². The molecule has 5 heteroatoms. The number of nitrogens with zero attached hydrogens (tertiary/aromatic N) is 4. The average molecular weight is 334 g/mol. The second-order valence-electron chi connectivity index (χ2n) is 6.57. The topological polar surface area (TPSA) is 60.2 Å². The van der Waals surface area contributed by atoms with Gasteiger partial charge in [-0.05, 0) is 44.0 Å². The quantitative estimate of drug-likeness (QED) is 0.847. The molecule has 1 aliphatic heterocycles. The second kappa shape index (κ2) is 6.94. The number of nitriles is 1. The Bertz CT molecular complexity index is 845. The molecule has 3 rings (SSSR count). The third-order valence-electron chi connectivity index (χ3n) is 4.66. The first-order valence-corrected chi connectivity index (χ1v) is 8.48. The minimum atomic E-state index is 0.0988. The summed E-state index contributed by atoms with van der Waals surface area (Å²) >= 11 is 0. The molecule has 0 unspecified atom stereocenters.